The van der Waals surface area contributed by atoms with Gasteiger partial charge in [0.1, 0.15) is 11.9 Å². The van der Waals surface area contributed by atoms with Crippen LogP contribution in [0.5, 0.6) is 0 Å². The molecule has 17 heavy (non-hydrogen) atoms. The Morgan fingerprint density at radius 2 is 2.18 bits per heavy atom. The van der Waals surface area contributed by atoms with Crippen molar-refractivity contribution in [3.05, 3.63) is 29.6 Å². The minimum absolute atomic E-state index is 0. The third-order valence-electron chi connectivity index (χ3n) is 2.10. The first-order valence-electron chi connectivity index (χ1n) is 4.87. The summed E-state index contributed by atoms with van der Waals surface area (Å²) in [6, 6.07) is 4.30. The highest BCUT2D eigenvalue weighted by Gasteiger charge is 2.15. The van der Waals surface area contributed by atoms with E-state index in [4.69, 9.17) is 10.5 Å². The molecule has 6 heteroatoms. The molecular formula is C11H16ClFN2O2. The van der Waals surface area contributed by atoms with Gasteiger partial charge in [0.15, 0.2) is 0 Å². The number of carbonyl (C=O) groups is 1. The molecule has 0 aliphatic heterocycles. The van der Waals surface area contributed by atoms with Crippen LogP contribution in [0.25, 0.3) is 0 Å². The van der Waals surface area contributed by atoms with Crippen LogP contribution in [-0.2, 0) is 9.53 Å². The van der Waals surface area contributed by atoms with Crippen LogP contribution < -0.4 is 11.1 Å². The van der Waals surface area contributed by atoms with E-state index in [-0.39, 0.29) is 24.9 Å². The predicted octanol–water partition coefficient (Wildman–Crippen LogP) is 1.47. The molecule has 0 saturated carbocycles. The molecule has 1 amide bonds. The average Bonchev–Trinajstić information content (AvgIpc) is 2.17. The minimum Gasteiger partial charge on any atom is -0.370 e. The summed E-state index contributed by atoms with van der Waals surface area (Å²) in [5.74, 6) is -0.771. The molecule has 0 aliphatic rings. The molecule has 3 N–H and O–H groups in total. The van der Waals surface area contributed by atoms with Crippen LogP contribution in [0.3, 0.4) is 0 Å². The van der Waals surface area contributed by atoms with Crippen molar-refractivity contribution in [3.63, 3.8) is 0 Å². The van der Waals surface area contributed by atoms with Gasteiger partial charge in [0.2, 0.25) is 0 Å². The topological polar surface area (TPSA) is 64.3 Å². The van der Waals surface area contributed by atoms with Crippen molar-refractivity contribution >= 4 is 24.0 Å². The number of halogens is 2. The van der Waals surface area contributed by atoms with E-state index in [1.54, 1.807) is 13.0 Å². The molecule has 96 valence electrons. The Hall–Kier alpha value is -1.17. The standard InChI is InChI=1S/C11H15FN2O2.ClH/c1-7-3-8(12)5-9(4-7)14-11(15)10(6-13)16-2;/h3-5,10H,6,13H2,1-2H3,(H,14,15);1H. The molecule has 0 fully saturated rings. The molecular weight excluding hydrogens is 247 g/mol. The van der Waals surface area contributed by atoms with Crippen molar-refractivity contribution < 1.29 is 13.9 Å². The highest BCUT2D eigenvalue weighted by Crippen LogP contribution is 2.13. The van der Waals surface area contributed by atoms with E-state index in [1.807, 2.05) is 0 Å². The van der Waals surface area contributed by atoms with E-state index < -0.39 is 11.9 Å². The van der Waals surface area contributed by atoms with E-state index in [2.05, 4.69) is 5.32 Å². The molecule has 1 aromatic rings. The molecule has 4 nitrogen and oxygen atoms in total. The van der Waals surface area contributed by atoms with E-state index in [0.717, 1.165) is 5.56 Å². The third-order valence-corrected chi connectivity index (χ3v) is 2.10. The zero-order valence-electron chi connectivity index (χ0n) is 9.70. The van der Waals surface area contributed by atoms with Gasteiger partial charge in [0.25, 0.3) is 5.91 Å². The number of carbonyl (C=O) groups excluding carboxylic acids is 1. The number of nitrogens with two attached hydrogens (primary N) is 1. The maximum Gasteiger partial charge on any atom is 0.254 e. The summed E-state index contributed by atoms with van der Waals surface area (Å²) < 4.78 is 17.9. The van der Waals surface area contributed by atoms with E-state index in [0.29, 0.717) is 5.69 Å². The number of benzene rings is 1. The lowest BCUT2D eigenvalue weighted by atomic mass is 10.2. The lowest BCUT2D eigenvalue weighted by Gasteiger charge is -2.13. The van der Waals surface area contributed by atoms with Gasteiger partial charge in [0, 0.05) is 19.3 Å². The highest BCUT2D eigenvalue weighted by atomic mass is 35.5. The minimum atomic E-state index is -0.719. The molecule has 1 aromatic carbocycles. The molecule has 0 saturated heterocycles. The van der Waals surface area contributed by atoms with E-state index in [9.17, 15) is 9.18 Å². The van der Waals surface area contributed by atoms with Crippen LogP contribution >= 0.6 is 12.4 Å². The Bertz CT molecular complexity index is 363. The molecule has 0 aromatic heterocycles. The van der Waals surface area contributed by atoms with E-state index in [1.165, 1.54) is 19.2 Å². The molecule has 0 aliphatic carbocycles. The third kappa shape index (κ3) is 4.68. The Morgan fingerprint density at radius 1 is 1.53 bits per heavy atom. The first-order chi connectivity index (χ1) is 7.56. The first-order valence-corrected chi connectivity index (χ1v) is 4.87. The fourth-order valence-electron chi connectivity index (χ4n) is 1.34. The number of aryl methyl sites for hydroxylation is 1. The summed E-state index contributed by atoms with van der Waals surface area (Å²) in [5.41, 5.74) is 6.47. The fourth-order valence-corrected chi connectivity index (χ4v) is 1.34. The van der Waals surface area contributed by atoms with Gasteiger partial charge in [-0.25, -0.2) is 4.39 Å². The van der Waals surface area contributed by atoms with Crippen LogP contribution in [0.1, 0.15) is 5.56 Å². The van der Waals surface area contributed by atoms with Gasteiger partial charge in [-0.2, -0.15) is 0 Å². The predicted molar refractivity (Wildman–Crippen MR) is 66.9 cm³/mol. The molecule has 1 rings (SSSR count). The number of nitrogens with one attached hydrogen (secondary N) is 1. The molecule has 0 bridgehead atoms. The number of methoxy groups -OCH3 is 1. The Morgan fingerprint density at radius 3 is 2.65 bits per heavy atom. The summed E-state index contributed by atoms with van der Waals surface area (Å²) in [6.45, 7) is 1.83. The van der Waals surface area contributed by atoms with Crippen molar-refractivity contribution in [3.8, 4) is 0 Å². The van der Waals surface area contributed by atoms with Gasteiger partial charge in [-0.3, -0.25) is 4.79 Å². The van der Waals surface area contributed by atoms with Gasteiger partial charge < -0.3 is 15.8 Å². The van der Waals surface area contributed by atoms with Crippen LogP contribution in [-0.4, -0.2) is 25.7 Å². The van der Waals surface area contributed by atoms with Crippen molar-refractivity contribution in [1.82, 2.24) is 0 Å². The lowest BCUT2D eigenvalue weighted by molar-refractivity contribution is -0.125. The Labute approximate surface area is 106 Å². The van der Waals surface area contributed by atoms with Gasteiger partial charge >= 0.3 is 0 Å². The maximum atomic E-state index is 13.0. The van der Waals surface area contributed by atoms with Crippen LogP contribution in [0, 0.1) is 12.7 Å². The van der Waals surface area contributed by atoms with Crippen molar-refractivity contribution in [2.45, 2.75) is 13.0 Å². The van der Waals surface area contributed by atoms with Gasteiger partial charge in [-0.15, -0.1) is 12.4 Å². The second-order valence-corrected chi connectivity index (χ2v) is 3.47. The Balaban J connectivity index is 0.00000256. The monoisotopic (exact) mass is 262 g/mol. The Kier molecular flexibility index (Phi) is 6.72. The van der Waals surface area contributed by atoms with Crippen LogP contribution in [0.15, 0.2) is 18.2 Å². The second kappa shape index (κ2) is 7.21. The molecule has 0 spiro atoms. The zero-order valence-corrected chi connectivity index (χ0v) is 10.5. The number of rotatable bonds is 4. The van der Waals surface area contributed by atoms with Gasteiger partial charge in [0.05, 0.1) is 0 Å². The summed E-state index contributed by atoms with van der Waals surface area (Å²) in [7, 11) is 1.40. The molecule has 1 unspecified atom stereocenters. The maximum absolute atomic E-state index is 13.0. The van der Waals surface area contributed by atoms with Gasteiger partial charge in [-0.1, -0.05) is 0 Å². The number of ether oxygens (including phenoxy) is 1. The van der Waals surface area contributed by atoms with Crippen LogP contribution in [0.4, 0.5) is 10.1 Å². The SMILES string of the molecule is COC(CN)C(=O)Nc1cc(C)cc(F)c1.Cl. The molecule has 1 atom stereocenters. The number of hydrogen-bond donors (Lipinski definition) is 2. The fraction of sp³-hybridized carbons (Fsp3) is 0.364. The van der Waals surface area contributed by atoms with Crippen molar-refractivity contribution in [2.24, 2.45) is 5.73 Å². The summed E-state index contributed by atoms with van der Waals surface area (Å²) >= 11 is 0. The second-order valence-electron chi connectivity index (χ2n) is 3.47. The average molecular weight is 263 g/mol. The summed E-state index contributed by atoms with van der Waals surface area (Å²) in [6.07, 6.45) is -0.719. The van der Waals surface area contributed by atoms with Gasteiger partial charge in [-0.05, 0) is 30.7 Å². The lowest BCUT2D eigenvalue weighted by Crippen LogP contribution is -2.35. The van der Waals surface area contributed by atoms with E-state index >= 15 is 0 Å². The smallest absolute Gasteiger partial charge is 0.254 e. The van der Waals surface area contributed by atoms with Crippen LogP contribution in [0.2, 0.25) is 0 Å². The van der Waals surface area contributed by atoms with Crippen molar-refractivity contribution in [1.29, 1.82) is 0 Å². The number of anilines is 1. The highest BCUT2D eigenvalue weighted by molar-refractivity contribution is 5.94. The zero-order chi connectivity index (χ0) is 12.1. The summed E-state index contributed by atoms with van der Waals surface area (Å²) in [4.78, 5) is 11.6. The number of amides is 1. The normalized spacial score (nSPS) is 11.5. The van der Waals surface area contributed by atoms with Crippen molar-refractivity contribution in [2.75, 3.05) is 19.0 Å². The largest absolute Gasteiger partial charge is 0.370 e. The first kappa shape index (κ1) is 15.8. The number of hydrogen-bond acceptors (Lipinski definition) is 3. The quantitative estimate of drug-likeness (QED) is 0.864. The molecule has 0 radical (unpaired) electrons. The summed E-state index contributed by atoms with van der Waals surface area (Å²) in [5, 5.41) is 2.54. The molecule has 0 heterocycles.